The molecule has 0 aliphatic carbocycles. The van der Waals surface area contributed by atoms with Crippen LogP contribution in [0.4, 0.5) is 0 Å². The summed E-state index contributed by atoms with van der Waals surface area (Å²) in [6, 6.07) is 8.39. The molecule has 0 saturated carbocycles. The fourth-order valence-corrected chi connectivity index (χ4v) is 3.64. The normalized spacial score (nSPS) is 21.7. The molecule has 1 saturated heterocycles. The van der Waals surface area contributed by atoms with Crippen molar-refractivity contribution in [3.63, 3.8) is 0 Å². The highest BCUT2D eigenvalue weighted by Gasteiger charge is 2.21. The summed E-state index contributed by atoms with van der Waals surface area (Å²) in [5.74, 6) is 2.01. The van der Waals surface area contributed by atoms with E-state index in [1.807, 2.05) is 11.0 Å². The monoisotopic (exact) mass is 316 g/mol. The maximum absolute atomic E-state index is 11.9. The van der Waals surface area contributed by atoms with Gasteiger partial charge in [-0.05, 0) is 50.3 Å². The van der Waals surface area contributed by atoms with Gasteiger partial charge in [0, 0.05) is 32.6 Å². The lowest BCUT2D eigenvalue weighted by Crippen LogP contribution is -2.41. The minimum absolute atomic E-state index is 0.335. The Morgan fingerprint density at radius 3 is 3.04 bits per heavy atom. The topological polar surface area (TPSA) is 32.8 Å². The fraction of sp³-hybridized carbons (Fsp3) is 0.632. The van der Waals surface area contributed by atoms with Gasteiger partial charge < -0.3 is 14.5 Å². The molecule has 0 N–H and O–H groups in total. The number of likely N-dealkylation sites (tertiary alicyclic amines) is 1. The second kappa shape index (κ2) is 7.82. The van der Waals surface area contributed by atoms with Gasteiger partial charge >= 0.3 is 0 Å². The molecule has 1 amide bonds. The SMILES string of the molecule is CN(CCN1CCCCC1=O)C[C@@H]1CCOc2ccccc2C1. The number of fused-ring (bicyclic) bond motifs is 1. The number of rotatable bonds is 5. The highest BCUT2D eigenvalue weighted by molar-refractivity contribution is 5.76. The van der Waals surface area contributed by atoms with Crippen molar-refractivity contribution in [2.45, 2.75) is 32.1 Å². The van der Waals surface area contributed by atoms with Crippen LogP contribution in [-0.4, -0.2) is 55.5 Å². The minimum Gasteiger partial charge on any atom is -0.493 e. The van der Waals surface area contributed by atoms with Crippen LogP contribution in [0.2, 0.25) is 0 Å². The van der Waals surface area contributed by atoms with Gasteiger partial charge in [0.25, 0.3) is 0 Å². The number of amides is 1. The summed E-state index contributed by atoms with van der Waals surface area (Å²) in [5, 5.41) is 0. The Hall–Kier alpha value is -1.55. The largest absolute Gasteiger partial charge is 0.493 e. The smallest absolute Gasteiger partial charge is 0.222 e. The number of benzene rings is 1. The summed E-state index contributed by atoms with van der Waals surface area (Å²) in [6.45, 7) is 4.65. The number of piperidine rings is 1. The summed E-state index contributed by atoms with van der Waals surface area (Å²) >= 11 is 0. The van der Waals surface area contributed by atoms with Gasteiger partial charge in [-0.1, -0.05) is 18.2 Å². The number of ether oxygens (including phenoxy) is 1. The number of carbonyl (C=O) groups is 1. The summed E-state index contributed by atoms with van der Waals surface area (Å²) in [6.07, 6.45) is 5.14. The zero-order valence-corrected chi connectivity index (χ0v) is 14.2. The lowest BCUT2D eigenvalue weighted by Gasteiger charge is -2.30. The Balaban J connectivity index is 1.48. The number of para-hydroxylation sites is 1. The van der Waals surface area contributed by atoms with Gasteiger partial charge in [-0.25, -0.2) is 0 Å². The molecule has 1 aromatic rings. The van der Waals surface area contributed by atoms with Crippen LogP contribution in [0.25, 0.3) is 0 Å². The Morgan fingerprint density at radius 1 is 1.30 bits per heavy atom. The molecular weight excluding hydrogens is 288 g/mol. The number of hydrogen-bond donors (Lipinski definition) is 0. The highest BCUT2D eigenvalue weighted by atomic mass is 16.5. The zero-order valence-electron chi connectivity index (χ0n) is 14.2. The number of likely N-dealkylation sites (N-methyl/N-ethyl adjacent to an activating group) is 1. The summed E-state index contributed by atoms with van der Waals surface area (Å²) in [5.41, 5.74) is 1.33. The Bertz CT molecular complexity index is 532. The maximum atomic E-state index is 11.9. The average Bonchev–Trinajstić information content (AvgIpc) is 2.75. The molecule has 1 aromatic carbocycles. The molecule has 23 heavy (non-hydrogen) atoms. The van der Waals surface area contributed by atoms with Crippen molar-refractivity contribution in [3.05, 3.63) is 29.8 Å². The standard InChI is InChI=1S/C19H28N2O2/c1-20(11-12-21-10-5-4-8-19(21)22)15-16-9-13-23-18-7-3-2-6-17(18)14-16/h2-3,6-7,16H,4-5,8-15H2,1H3/t16-/m1/s1. The third kappa shape index (κ3) is 4.47. The zero-order chi connectivity index (χ0) is 16.1. The molecule has 0 spiro atoms. The van der Waals surface area contributed by atoms with Crippen LogP contribution in [-0.2, 0) is 11.2 Å². The van der Waals surface area contributed by atoms with Gasteiger partial charge in [0.2, 0.25) is 5.91 Å². The van der Waals surface area contributed by atoms with Crippen molar-refractivity contribution in [1.82, 2.24) is 9.80 Å². The summed E-state index contributed by atoms with van der Waals surface area (Å²) < 4.78 is 5.86. The van der Waals surface area contributed by atoms with Crippen molar-refractivity contribution >= 4 is 5.91 Å². The second-order valence-electron chi connectivity index (χ2n) is 6.92. The van der Waals surface area contributed by atoms with Crippen LogP contribution >= 0.6 is 0 Å². The molecular formula is C19H28N2O2. The first-order chi connectivity index (χ1) is 11.2. The van der Waals surface area contributed by atoms with Gasteiger partial charge in [-0.3, -0.25) is 4.79 Å². The molecule has 0 aromatic heterocycles. The lowest BCUT2D eigenvalue weighted by molar-refractivity contribution is -0.133. The van der Waals surface area contributed by atoms with E-state index < -0.39 is 0 Å². The van der Waals surface area contributed by atoms with Crippen LogP contribution in [0, 0.1) is 5.92 Å². The van der Waals surface area contributed by atoms with E-state index in [2.05, 4.69) is 30.1 Å². The summed E-state index contributed by atoms with van der Waals surface area (Å²) in [7, 11) is 2.17. The molecule has 1 atom stereocenters. The lowest BCUT2D eigenvalue weighted by atomic mass is 9.96. The first kappa shape index (κ1) is 16.3. The molecule has 3 rings (SSSR count). The Morgan fingerprint density at radius 2 is 2.17 bits per heavy atom. The van der Waals surface area contributed by atoms with E-state index in [4.69, 9.17) is 4.74 Å². The molecule has 4 nitrogen and oxygen atoms in total. The van der Waals surface area contributed by atoms with Crippen molar-refractivity contribution in [1.29, 1.82) is 0 Å². The van der Waals surface area contributed by atoms with Crippen molar-refractivity contribution < 1.29 is 9.53 Å². The molecule has 126 valence electrons. The first-order valence-electron chi connectivity index (χ1n) is 8.89. The number of hydrogen-bond acceptors (Lipinski definition) is 3. The maximum Gasteiger partial charge on any atom is 0.222 e. The van der Waals surface area contributed by atoms with Gasteiger partial charge in [0.15, 0.2) is 0 Å². The minimum atomic E-state index is 0.335. The Labute approximate surface area is 139 Å². The molecule has 0 unspecified atom stereocenters. The number of nitrogens with zero attached hydrogens (tertiary/aromatic N) is 2. The quantitative estimate of drug-likeness (QED) is 0.837. The van der Waals surface area contributed by atoms with E-state index in [9.17, 15) is 4.79 Å². The fourth-order valence-electron chi connectivity index (χ4n) is 3.64. The van der Waals surface area contributed by atoms with Crippen LogP contribution in [0.15, 0.2) is 24.3 Å². The average molecular weight is 316 g/mol. The van der Waals surface area contributed by atoms with E-state index in [-0.39, 0.29) is 0 Å². The van der Waals surface area contributed by atoms with Gasteiger partial charge in [0.05, 0.1) is 6.61 Å². The van der Waals surface area contributed by atoms with E-state index in [1.165, 1.54) is 5.56 Å². The second-order valence-corrected chi connectivity index (χ2v) is 6.92. The van der Waals surface area contributed by atoms with Gasteiger partial charge in [-0.15, -0.1) is 0 Å². The molecule has 4 heteroatoms. The molecule has 0 bridgehead atoms. The van der Waals surface area contributed by atoms with E-state index in [0.29, 0.717) is 11.8 Å². The van der Waals surface area contributed by atoms with Crippen molar-refractivity contribution in [2.24, 2.45) is 5.92 Å². The summed E-state index contributed by atoms with van der Waals surface area (Å²) in [4.78, 5) is 16.3. The van der Waals surface area contributed by atoms with Crippen LogP contribution in [0.1, 0.15) is 31.2 Å². The van der Waals surface area contributed by atoms with Gasteiger partial charge in [0.1, 0.15) is 5.75 Å². The Kier molecular flexibility index (Phi) is 5.55. The van der Waals surface area contributed by atoms with Crippen LogP contribution in [0.5, 0.6) is 5.75 Å². The predicted molar refractivity (Wildman–Crippen MR) is 91.7 cm³/mol. The number of carbonyl (C=O) groups excluding carboxylic acids is 1. The predicted octanol–water partition coefficient (Wildman–Crippen LogP) is 2.57. The van der Waals surface area contributed by atoms with E-state index in [1.54, 1.807) is 0 Å². The van der Waals surface area contributed by atoms with E-state index in [0.717, 1.165) is 70.6 Å². The molecule has 0 radical (unpaired) electrons. The first-order valence-corrected chi connectivity index (χ1v) is 8.89. The third-order valence-electron chi connectivity index (χ3n) is 5.01. The molecule has 1 fully saturated rings. The van der Waals surface area contributed by atoms with E-state index >= 15 is 0 Å². The van der Waals surface area contributed by atoms with Crippen molar-refractivity contribution in [3.8, 4) is 5.75 Å². The van der Waals surface area contributed by atoms with Crippen LogP contribution in [0.3, 0.4) is 0 Å². The van der Waals surface area contributed by atoms with Crippen LogP contribution < -0.4 is 4.74 Å². The highest BCUT2D eigenvalue weighted by Crippen LogP contribution is 2.26. The third-order valence-corrected chi connectivity index (χ3v) is 5.01. The van der Waals surface area contributed by atoms with Crippen molar-refractivity contribution in [2.75, 3.05) is 39.8 Å². The molecule has 2 aliphatic heterocycles. The molecule has 2 aliphatic rings. The van der Waals surface area contributed by atoms with Gasteiger partial charge in [-0.2, -0.15) is 0 Å². The molecule has 2 heterocycles.